The lowest BCUT2D eigenvalue weighted by Gasteiger charge is -2.35. The van der Waals surface area contributed by atoms with E-state index in [1.807, 2.05) is 24.3 Å². The minimum absolute atomic E-state index is 0.0334. The van der Waals surface area contributed by atoms with Crippen molar-refractivity contribution in [2.24, 2.45) is 0 Å². The number of carbonyl (C=O) groups excluding carboxylic acids is 2. The highest BCUT2D eigenvalue weighted by atomic mass is 16.4. The molecule has 0 N–H and O–H groups in total. The number of hydrogen-bond donors (Lipinski definition) is 0. The van der Waals surface area contributed by atoms with Crippen molar-refractivity contribution in [3.05, 3.63) is 24.3 Å². The van der Waals surface area contributed by atoms with Gasteiger partial charge in [0.25, 0.3) is 11.9 Å². The number of fused-ring (bicyclic) bond motifs is 1. The van der Waals surface area contributed by atoms with Crippen molar-refractivity contribution in [1.29, 1.82) is 0 Å². The Balaban J connectivity index is 1.27. The summed E-state index contributed by atoms with van der Waals surface area (Å²) in [6.45, 7) is 1.79. The molecule has 3 fully saturated rings. The highest BCUT2D eigenvalue weighted by molar-refractivity contribution is 6.02. The van der Waals surface area contributed by atoms with E-state index in [9.17, 15) is 9.59 Å². The quantitative estimate of drug-likeness (QED) is 0.802. The summed E-state index contributed by atoms with van der Waals surface area (Å²) >= 11 is 0. The van der Waals surface area contributed by atoms with Crippen LogP contribution >= 0.6 is 0 Å². The van der Waals surface area contributed by atoms with Crippen molar-refractivity contribution in [2.75, 3.05) is 24.5 Å². The zero-order chi connectivity index (χ0) is 17.0. The van der Waals surface area contributed by atoms with Gasteiger partial charge in [-0.15, -0.1) is 0 Å². The van der Waals surface area contributed by atoms with E-state index in [1.54, 1.807) is 4.90 Å². The molecule has 1 aliphatic carbocycles. The molecule has 7 nitrogen and oxygen atoms in total. The number of oxazole rings is 1. The first-order valence-corrected chi connectivity index (χ1v) is 8.94. The van der Waals surface area contributed by atoms with Crippen LogP contribution in [0.3, 0.4) is 0 Å². The predicted octanol–water partition coefficient (Wildman–Crippen LogP) is 2.22. The molecule has 3 aliphatic rings. The molecule has 5 rings (SSSR count). The molecule has 0 spiro atoms. The topological polar surface area (TPSA) is 69.9 Å². The van der Waals surface area contributed by atoms with Gasteiger partial charge in [0.1, 0.15) is 12.1 Å². The summed E-state index contributed by atoms with van der Waals surface area (Å²) in [5.74, 6) is -0.0334. The number of imide groups is 1. The number of anilines is 1. The lowest BCUT2D eigenvalue weighted by atomic mass is 10.0. The van der Waals surface area contributed by atoms with Crippen LogP contribution in [-0.2, 0) is 4.79 Å². The summed E-state index contributed by atoms with van der Waals surface area (Å²) in [4.78, 5) is 34.6. The maximum Gasteiger partial charge on any atom is 0.327 e. The molecular formula is C18H20N4O3. The average molecular weight is 340 g/mol. The van der Waals surface area contributed by atoms with E-state index in [0.717, 1.165) is 49.9 Å². The smallest absolute Gasteiger partial charge is 0.327 e. The average Bonchev–Trinajstić information content (AvgIpc) is 3.28. The summed E-state index contributed by atoms with van der Waals surface area (Å²) in [6.07, 6.45) is 3.58. The molecule has 2 saturated heterocycles. The molecule has 1 saturated carbocycles. The summed E-state index contributed by atoms with van der Waals surface area (Å²) in [7, 11) is 0. The van der Waals surface area contributed by atoms with Gasteiger partial charge in [-0.05, 0) is 37.8 Å². The molecule has 0 bridgehead atoms. The molecule has 0 atom stereocenters. The highest BCUT2D eigenvalue weighted by Gasteiger charge is 2.47. The highest BCUT2D eigenvalue weighted by Crippen LogP contribution is 2.33. The zero-order valence-electron chi connectivity index (χ0n) is 13.9. The maximum absolute atomic E-state index is 12.6. The van der Waals surface area contributed by atoms with Gasteiger partial charge in [-0.2, -0.15) is 4.98 Å². The Kier molecular flexibility index (Phi) is 3.23. The molecule has 2 aliphatic heterocycles. The third-order valence-electron chi connectivity index (χ3n) is 5.40. The second-order valence-corrected chi connectivity index (χ2v) is 7.09. The summed E-state index contributed by atoms with van der Waals surface area (Å²) in [5.41, 5.74) is 1.65. The SMILES string of the molecule is O=C1CN(C2CCN(c3nc4ccccc4o3)CC2)C(=O)N1C1CC1. The molecule has 2 aromatic rings. The molecule has 25 heavy (non-hydrogen) atoms. The van der Waals surface area contributed by atoms with E-state index >= 15 is 0 Å². The van der Waals surface area contributed by atoms with E-state index in [0.29, 0.717) is 6.01 Å². The van der Waals surface area contributed by atoms with E-state index in [2.05, 4.69) is 9.88 Å². The number of rotatable bonds is 3. The number of aromatic nitrogens is 1. The van der Waals surface area contributed by atoms with Gasteiger partial charge in [0.05, 0.1) is 0 Å². The van der Waals surface area contributed by atoms with Crippen molar-refractivity contribution in [2.45, 2.75) is 37.8 Å². The summed E-state index contributed by atoms with van der Waals surface area (Å²) in [6, 6.07) is 8.57. The molecule has 7 heteroatoms. The van der Waals surface area contributed by atoms with Gasteiger partial charge in [0.2, 0.25) is 0 Å². The molecule has 1 aromatic carbocycles. The third-order valence-corrected chi connectivity index (χ3v) is 5.40. The molecule has 130 valence electrons. The maximum atomic E-state index is 12.6. The van der Waals surface area contributed by atoms with Crippen molar-refractivity contribution in [1.82, 2.24) is 14.8 Å². The fourth-order valence-corrected chi connectivity index (χ4v) is 3.88. The van der Waals surface area contributed by atoms with Crippen LogP contribution in [0.1, 0.15) is 25.7 Å². The van der Waals surface area contributed by atoms with Gasteiger partial charge in [-0.3, -0.25) is 9.69 Å². The molecule has 0 unspecified atom stereocenters. The lowest BCUT2D eigenvalue weighted by molar-refractivity contribution is -0.125. The summed E-state index contributed by atoms with van der Waals surface area (Å²) in [5, 5.41) is 0. The Morgan fingerprint density at radius 2 is 1.76 bits per heavy atom. The number of benzene rings is 1. The second kappa shape index (κ2) is 5.47. The molecule has 3 heterocycles. The number of amides is 3. The normalized spacial score (nSPS) is 22.5. The first kappa shape index (κ1) is 14.7. The molecule has 0 radical (unpaired) electrons. The van der Waals surface area contributed by atoms with Crippen LogP contribution in [-0.4, -0.2) is 58.4 Å². The van der Waals surface area contributed by atoms with Gasteiger partial charge < -0.3 is 14.2 Å². The van der Waals surface area contributed by atoms with Crippen LogP contribution in [0.25, 0.3) is 11.1 Å². The van der Waals surface area contributed by atoms with Gasteiger partial charge in [-0.1, -0.05) is 12.1 Å². The standard InChI is InChI=1S/C18H20N4O3/c23-16-11-21(18(24)22(16)13-5-6-13)12-7-9-20(10-8-12)17-19-14-3-1-2-4-15(14)25-17/h1-4,12-13H,5-11H2. The van der Waals surface area contributed by atoms with Crippen molar-refractivity contribution in [3.63, 3.8) is 0 Å². The van der Waals surface area contributed by atoms with Crippen LogP contribution in [0, 0.1) is 0 Å². The van der Waals surface area contributed by atoms with Gasteiger partial charge in [0, 0.05) is 25.2 Å². The first-order chi connectivity index (χ1) is 12.2. The Morgan fingerprint density at radius 3 is 2.48 bits per heavy atom. The van der Waals surface area contributed by atoms with Crippen molar-refractivity contribution >= 4 is 29.1 Å². The fraction of sp³-hybridized carbons (Fsp3) is 0.500. The number of hydrogen-bond acceptors (Lipinski definition) is 5. The third kappa shape index (κ3) is 2.45. The van der Waals surface area contributed by atoms with E-state index in [1.165, 1.54) is 4.90 Å². The van der Waals surface area contributed by atoms with Gasteiger partial charge >= 0.3 is 6.03 Å². The predicted molar refractivity (Wildman–Crippen MR) is 91.2 cm³/mol. The van der Waals surface area contributed by atoms with Crippen molar-refractivity contribution in [3.8, 4) is 0 Å². The van der Waals surface area contributed by atoms with E-state index < -0.39 is 0 Å². The number of piperidine rings is 1. The monoisotopic (exact) mass is 340 g/mol. The minimum atomic E-state index is -0.0900. The number of carbonyl (C=O) groups is 2. The largest absolute Gasteiger partial charge is 0.423 e. The Hall–Kier alpha value is -2.57. The zero-order valence-corrected chi connectivity index (χ0v) is 13.9. The van der Waals surface area contributed by atoms with Gasteiger partial charge in [-0.25, -0.2) is 4.79 Å². The van der Waals surface area contributed by atoms with Gasteiger partial charge in [0.15, 0.2) is 5.58 Å². The molecule has 1 aromatic heterocycles. The molecular weight excluding hydrogens is 320 g/mol. The van der Waals surface area contributed by atoms with E-state index in [-0.39, 0.29) is 30.6 Å². The second-order valence-electron chi connectivity index (χ2n) is 7.09. The van der Waals surface area contributed by atoms with Crippen LogP contribution < -0.4 is 4.90 Å². The van der Waals surface area contributed by atoms with E-state index in [4.69, 9.17) is 4.42 Å². The number of nitrogens with zero attached hydrogens (tertiary/aromatic N) is 4. The Bertz CT molecular complexity index is 803. The van der Waals surface area contributed by atoms with Crippen LogP contribution in [0.2, 0.25) is 0 Å². The summed E-state index contributed by atoms with van der Waals surface area (Å²) < 4.78 is 5.84. The van der Waals surface area contributed by atoms with Crippen LogP contribution in [0.4, 0.5) is 10.8 Å². The lowest BCUT2D eigenvalue weighted by Crippen LogP contribution is -2.46. The fourth-order valence-electron chi connectivity index (χ4n) is 3.88. The van der Waals surface area contributed by atoms with Crippen LogP contribution in [0.5, 0.6) is 0 Å². The van der Waals surface area contributed by atoms with Crippen molar-refractivity contribution < 1.29 is 14.0 Å². The first-order valence-electron chi connectivity index (χ1n) is 8.94. The number of urea groups is 1. The molecule has 3 amide bonds. The minimum Gasteiger partial charge on any atom is -0.423 e. The Morgan fingerprint density at radius 1 is 1.00 bits per heavy atom. The number of para-hydroxylation sites is 2. The van der Waals surface area contributed by atoms with Crippen LogP contribution in [0.15, 0.2) is 28.7 Å². The Labute approximate surface area is 145 Å².